The summed E-state index contributed by atoms with van der Waals surface area (Å²) in [7, 11) is 0. The maximum atomic E-state index is 11.4. The summed E-state index contributed by atoms with van der Waals surface area (Å²) in [5, 5.41) is 0. The van der Waals surface area contributed by atoms with E-state index in [1.807, 2.05) is 24.3 Å². The Morgan fingerprint density at radius 2 is 1.70 bits per heavy atom. The van der Waals surface area contributed by atoms with Crippen molar-refractivity contribution in [2.75, 3.05) is 6.61 Å². The van der Waals surface area contributed by atoms with E-state index >= 15 is 0 Å². The Kier molecular flexibility index (Phi) is 8.01. The highest BCUT2D eigenvalue weighted by molar-refractivity contribution is 5.96. The molecule has 0 saturated carbocycles. The maximum Gasteiger partial charge on any atom is 0.163 e. The van der Waals surface area contributed by atoms with Crippen molar-refractivity contribution in [3.05, 3.63) is 29.8 Å². The van der Waals surface area contributed by atoms with Crippen LogP contribution in [0.4, 0.5) is 0 Å². The summed E-state index contributed by atoms with van der Waals surface area (Å²) in [4.78, 5) is 11.4. The van der Waals surface area contributed by atoms with Gasteiger partial charge in [-0.15, -0.1) is 0 Å². The number of benzene rings is 1. The highest BCUT2D eigenvalue weighted by atomic mass is 16.5. The van der Waals surface area contributed by atoms with Gasteiger partial charge in [0.05, 0.1) is 12.2 Å². The van der Waals surface area contributed by atoms with Crippen LogP contribution in [0.3, 0.4) is 0 Å². The van der Waals surface area contributed by atoms with Crippen molar-refractivity contribution < 1.29 is 9.53 Å². The second-order valence-corrected chi connectivity index (χ2v) is 5.85. The molecule has 1 aromatic rings. The number of para-hydroxylation sites is 1. The van der Waals surface area contributed by atoms with Crippen molar-refractivity contribution >= 4 is 5.78 Å². The zero-order valence-electron chi connectivity index (χ0n) is 13.2. The Morgan fingerprint density at radius 1 is 1.05 bits per heavy atom. The van der Waals surface area contributed by atoms with Gasteiger partial charge < -0.3 is 4.74 Å². The van der Waals surface area contributed by atoms with Crippen LogP contribution in [-0.4, -0.2) is 12.4 Å². The van der Waals surface area contributed by atoms with Crippen LogP contribution in [0.15, 0.2) is 24.3 Å². The molecule has 0 radical (unpaired) electrons. The molecule has 0 aliphatic heterocycles. The number of rotatable bonds is 10. The molecule has 2 nitrogen and oxygen atoms in total. The Bertz CT molecular complexity index is 396. The summed E-state index contributed by atoms with van der Waals surface area (Å²) in [5.41, 5.74) is 0.685. The van der Waals surface area contributed by atoms with Crippen LogP contribution in [0, 0.1) is 5.92 Å². The van der Waals surface area contributed by atoms with Crippen LogP contribution >= 0.6 is 0 Å². The van der Waals surface area contributed by atoms with Gasteiger partial charge in [0, 0.05) is 0 Å². The molecule has 0 spiro atoms. The van der Waals surface area contributed by atoms with Crippen molar-refractivity contribution in [2.45, 2.75) is 59.3 Å². The second kappa shape index (κ2) is 9.57. The molecule has 1 aromatic carbocycles. The van der Waals surface area contributed by atoms with Crippen LogP contribution in [0.1, 0.15) is 69.7 Å². The first-order valence-corrected chi connectivity index (χ1v) is 7.84. The fourth-order valence-corrected chi connectivity index (χ4v) is 2.25. The van der Waals surface area contributed by atoms with Crippen molar-refractivity contribution in [3.63, 3.8) is 0 Å². The van der Waals surface area contributed by atoms with Gasteiger partial charge in [0.25, 0.3) is 0 Å². The molecule has 0 amide bonds. The van der Waals surface area contributed by atoms with E-state index in [-0.39, 0.29) is 5.78 Å². The monoisotopic (exact) mass is 276 g/mol. The third kappa shape index (κ3) is 6.74. The molecule has 0 heterocycles. The van der Waals surface area contributed by atoms with Gasteiger partial charge in [0.2, 0.25) is 0 Å². The molecular formula is C18H28O2. The summed E-state index contributed by atoms with van der Waals surface area (Å²) >= 11 is 0. The molecule has 0 saturated heterocycles. The van der Waals surface area contributed by atoms with Gasteiger partial charge in [-0.2, -0.15) is 0 Å². The molecule has 2 heteroatoms. The highest BCUT2D eigenvalue weighted by Gasteiger charge is 2.06. The third-order valence-electron chi connectivity index (χ3n) is 3.45. The van der Waals surface area contributed by atoms with E-state index in [4.69, 9.17) is 4.74 Å². The Hall–Kier alpha value is -1.31. The molecule has 0 aromatic heterocycles. The average molecular weight is 276 g/mol. The number of carbonyl (C=O) groups is 1. The van der Waals surface area contributed by atoms with E-state index in [2.05, 4.69) is 13.8 Å². The number of Topliss-reactive ketones (excluding diaryl/α,β-unsaturated/α-hetero) is 1. The van der Waals surface area contributed by atoms with Crippen molar-refractivity contribution in [3.8, 4) is 5.75 Å². The summed E-state index contributed by atoms with van der Waals surface area (Å²) in [6.45, 7) is 6.84. The standard InChI is InChI=1S/C18H28O2/c1-15(2)11-7-5-4-6-10-14-20-18-13-9-8-12-17(18)16(3)19/h8-9,12-13,15H,4-7,10-11,14H2,1-3H3. The number of unbranched alkanes of at least 4 members (excludes halogenated alkanes) is 4. The van der Waals surface area contributed by atoms with E-state index in [0.717, 1.165) is 18.1 Å². The molecule has 0 N–H and O–H groups in total. The van der Waals surface area contributed by atoms with Gasteiger partial charge in [0.1, 0.15) is 5.75 Å². The van der Waals surface area contributed by atoms with Crippen molar-refractivity contribution in [1.82, 2.24) is 0 Å². The molecular weight excluding hydrogens is 248 g/mol. The van der Waals surface area contributed by atoms with Gasteiger partial charge in [-0.05, 0) is 31.4 Å². The lowest BCUT2D eigenvalue weighted by molar-refractivity contribution is 0.101. The van der Waals surface area contributed by atoms with E-state index < -0.39 is 0 Å². The van der Waals surface area contributed by atoms with Crippen LogP contribution in [0.25, 0.3) is 0 Å². The number of ketones is 1. The Labute approximate surface area is 123 Å². The Balaban J connectivity index is 2.14. The van der Waals surface area contributed by atoms with Crippen LogP contribution in [0.5, 0.6) is 5.75 Å². The SMILES string of the molecule is CC(=O)c1ccccc1OCCCCCCCC(C)C. The molecule has 0 unspecified atom stereocenters. The summed E-state index contributed by atoms with van der Waals surface area (Å²) in [6.07, 6.45) is 7.55. The lowest BCUT2D eigenvalue weighted by Gasteiger charge is -2.09. The van der Waals surface area contributed by atoms with E-state index in [1.165, 1.54) is 32.1 Å². The van der Waals surface area contributed by atoms with Gasteiger partial charge in [-0.1, -0.05) is 58.1 Å². The van der Waals surface area contributed by atoms with E-state index in [9.17, 15) is 4.79 Å². The lowest BCUT2D eigenvalue weighted by Crippen LogP contribution is -2.02. The predicted octanol–water partition coefficient (Wildman–Crippen LogP) is 5.26. The first kappa shape index (κ1) is 16.7. The fourth-order valence-electron chi connectivity index (χ4n) is 2.25. The number of carbonyl (C=O) groups excluding carboxylic acids is 1. The minimum absolute atomic E-state index is 0.0642. The molecule has 0 aliphatic rings. The van der Waals surface area contributed by atoms with Crippen LogP contribution in [-0.2, 0) is 0 Å². The van der Waals surface area contributed by atoms with Crippen LogP contribution in [0.2, 0.25) is 0 Å². The van der Waals surface area contributed by atoms with E-state index in [1.54, 1.807) is 6.92 Å². The summed E-state index contributed by atoms with van der Waals surface area (Å²) in [6, 6.07) is 7.48. The molecule has 0 aliphatic carbocycles. The number of ether oxygens (including phenoxy) is 1. The van der Waals surface area contributed by atoms with Crippen molar-refractivity contribution in [1.29, 1.82) is 0 Å². The number of hydrogen-bond acceptors (Lipinski definition) is 2. The zero-order chi connectivity index (χ0) is 14.8. The molecule has 20 heavy (non-hydrogen) atoms. The smallest absolute Gasteiger partial charge is 0.163 e. The zero-order valence-corrected chi connectivity index (χ0v) is 13.2. The first-order valence-electron chi connectivity index (χ1n) is 7.84. The minimum Gasteiger partial charge on any atom is -0.493 e. The van der Waals surface area contributed by atoms with Crippen LogP contribution < -0.4 is 4.74 Å². The molecule has 0 bridgehead atoms. The number of hydrogen-bond donors (Lipinski definition) is 0. The summed E-state index contributed by atoms with van der Waals surface area (Å²) in [5.74, 6) is 1.61. The van der Waals surface area contributed by atoms with E-state index in [0.29, 0.717) is 12.2 Å². The van der Waals surface area contributed by atoms with Gasteiger partial charge in [-0.25, -0.2) is 0 Å². The molecule has 0 fully saturated rings. The second-order valence-electron chi connectivity index (χ2n) is 5.85. The van der Waals surface area contributed by atoms with Crippen molar-refractivity contribution in [2.24, 2.45) is 5.92 Å². The first-order chi connectivity index (χ1) is 9.61. The fraction of sp³-hybridized carbons (Fsp3) is 0.611. The minimum atomic E-state index is 0.0642. The molecule has 0 atom stereocenters. The largest absolute Gasteiger partial charge is 0.493 e. The Morgan fingerprint density at radius 3 is 2.40 bits per heavy atom. The lowest BCUT2D eigenvalue weighted by atomic mass is 10.0. The van der Waals surface area contributed by atoms with Gasteiger partial charge in [0.15, 0.2) is 5.78 Å². The topological polar surface area (TPSA) is 26.3 Å². The average Bonchev–Trinajstić information content (AvgIpc) is 2.41. The van der Waals surface area contributed by atoms with Gasteiger partial charge >= 0.3 is 0 Å². The summed E-state index contributed by atoms with van der Waals surface area (Å²) < 4.78 is 5.72. The normalized spacial score (nSPS) is 10.8. The predicted molar refractivity (Wildman–Crippen MR) is 84.5 cm³/mol. The third-order valence-corrected chi connectivity index (χ3v) is 3.45. The maximum absolute atomic E-state index is 11.4. The quantitative estimate of drug-likeness (QED) is 0.430. The molecule has 1 rings (SSSR count). The highest BCUT2D eigenvalue weighted by Crippen LogP contribution is 2.19. The van der Waals surface area contributed by atoms with Gasteiger partial charge in [-0.3, -0.25) is 4.79 Å². The molecule has 112 valence electrons.